The van der Waals surface area contributed by atoms with Gasteiger partial charge in [-0.3, -0.25) is 9.69 Å². The summed E-state index contributed by atoms with van der Waals surface area (Å²) in [6, 6.07) is 9.41. The van der Waals surface area contributed by atoms with E-state index in [-0.39, 0.29) is 18.6 Å². The molecule has 2 aliphatic heterocycles. The molecule has 4 aliphatic rings. The van der Waals surface area contributed by atoms with Gasteiger partial charge in [-0.2, -0.15) is 0 Å². The van der Waals surface area contributed by atoms with Crippen LogP contribution in [0.4, 0.5) is 16.3 Å². The minimum Gasteiger partial charge on any atom is -0.447 e. The van der Waals surface area contributed by atoms with Crippen molar-refractivity contribution in [2.45, 2.75) is 43.6 Å². The summed E-state index contributed by atoms with van der Waals surface area (Å²) >= 11 is 0. The second-order valence-corrected chi connectivity index (χ2v) is 10.7. The number of hydrogen-bond donors (Lipinski definition) is 0. The summed E-state index contributed by atoms with van der Waals surface area (Å²) in [7, 11) is 1.62. The third-order valence-electron chi connectivity index (χ3n) is 7.94. The quantitative estimate of drug-likeness (QED) is 0.441. The molecule has 2 aliphatic carbocycles. The Bertz CT molecular complexity index is 1160. The van der Waals surface area contributed by atoms with Gasteiger partial charge >= 0.3 is 6.09 Å². The van der Waals surface area contributed by atoms with Crippen molar-refractivity contribution in [2.24, 2.45) is 0 Å². The molecule has 6 rings (SSSR count). The molecule has 0 bridgehead atoms. The maximum Gasteiger partial charge on any atom is 0.414 e. The van der Waals surface area contributed by atoms with Crippen LogP contribution < -0.4 is 9.80 Å². The van der Waals surface area contributed by atoms with Gasteiger partial charge in [-0.15, -0.1) is 0 Å². The minimum absolute atomic E-state index is 0.0131. The van der Waals surface area contributed by atoms with Crippen molar-refractivity contribution in [2.75, 3.05) is 69.5 Å². The Labute approximate surface area is 223 Å². The van der Waals surface area contributed by atoms with Crippen molar-refractivity contribution in [1.82, 2.24) is 9.88 Å². The first kappa shape index (κ1) is 25.1. The van der Waals surface area contributed by atoms with Crippen LogP contribution in [-0.2, 0) is 14.2 Å². The monoisotopic (exact) mass is 520 g/mol. The summed E-state index contributed by atoms with van der Waals surface area (Å²) in [6.45, 7) is 4.48. The molecule has 38 heavy (non-hydrogen) atoms. The van der Waals surface area contributed by atoms with Crippen LogP contribution in [-0.4, -0.2) is 87.6 Å². The summed E-state index contributed by atoms with van der Waals surface area (Å²) in [4.78, 5) is 36.4. The zero-order valence-electron chi connectivity index (χ0n) is 22.0. The largest absolute Gasteiger partial charge is 0.447 e. The molecule has 2 aromatic rings. The molecule has 202 valence electrons. The Morgan fingerprint density at radius 2 is 1.76 bits per heavy atom. The van der Waals surface area contributed by atoms with E-state index in [4.69, 9.17) is 19.2 Å². The molecule has 2 amide bonds. The fraction of sp³-hybridized carbons (Fsp3) is 0.552. The number of methoxy groups -OCH3 is 1. The molecule has 0 N–H and O–H groups in total. The molecule has 4 fully saturated rings. The van der Waals surface area contributed by atoms with Crippen molar-refractivity contribution >= 4 is 23.5 Å². The average molecular weight is 521 g/mol. The summed E-state index contributed by atoms with van der Waals surface area (Å²) in [5, 5.41) is 0. The molecule has 2 saturated heterocycles. The van der Waals surface area contributed by atoms with E-state index in [1.165, 1.54) is 36.8 Å². The van der Waals surface area contributed by atoms with Crippen LogP contribution in [0.15, 0.2) is 36.5 Å². The highest BCUT2D eigenvalue weighted by molar-refractivity contribution is 5.96. The fourth-order valence-electron chi connectivity index (χ4n) is 5.42. The SMILES string of the molecule is COCCOCC1COC(=O)N1c1ccc(C(=O)N2CCN(c3ncc(C4CC4)cc3C3CC3)CC2)cc1. The zero-order chi connectivity index (χ0) is 26.1. The average Bonchev–Trinajstić information content (AvgIpc) is 3.88. The topological polar surface area (TPSA) is 84.4 Å². The predicted molar refractivity (Wildman–Crippen MR) is 143 cm³/mol. The first-order valence-electron chi connectivity index (χ1n) is 13.8. The standard InChI is InChI=1S/C29H36N4O5/c1-36-14-15-37-18-25-19-38-29(35)33(25)24-8-6-22(7-9-24)28(34)32-12-10-31(11-13-32)27-26(21-4-5-21)16-23(17-30-27)20-2-3-20/h6-9,16-17,20-21,25H,2-5,10-15,18-19H2,1H3. The Hall–Kier alpha value is -3.17. The molecule has 1 unspecified atom stereocenters. The first-order chi connectivity index (χ1) is 18.6. The Balaban J connectivity index is 1.07. The van der Waals surface area contributed by atoms with E-state index in [0.29, 0.717) is 56.0 Å². The molecular formula is C29H36N4O5. The van der Waals surface area contributed by atoms with Crippen molar-refractivity contribution in [3.05, 3.63) is 53.2 Å². The lowest BCUT2D eigenvalue weighted by atomic mass is 10.1. The number of hydrogen-bond acceptors (Lipinski definition) is 7. The number of pyridine rings is 1. The van der Waals surface area contributed by atoms with Gasteiger partial charge in [0.15, 0.2) is 0 Å². The number of anilines is 2. The summed E-state index contributed by atoms with van der Waals surface area (Å²) in [5.41, 5.74) is 4.13. The van der Waals surface area contributed by atoms with Gasteiger partial charge in [0.2, 0.25) is 0 Å². The van der Waals surface area contributed by atoms with Crippen LogP contribution in [0.2, 0.25) is 0 Å². The second kappa shape index (κ2) is 10.9. The Morgan fingerprint density at radius 3 is 2.45 bits per heavy atom. The van der Waals surface area contributed by atoms with Gasteiger partial charge < -0.3 is 24.0 Å². The maximum atomic E-state index is 13.3. The number of benzene rings is 1. The molecule has 9 heteroatoms. The Kier molecular flexibility index (Phi) is 7.21. The van der Waals surface area contributed by atoms with Gasteiger partial charge in [0.25, 0.3) is 5.91 Å². The zero-order valence-corrected chi connectivity index (χ0v) is 22.0. The second-order valence-electron chi connectivity index (χ2n) is 10.7. The number of piperazine rings is 1. The normalized spacial score (nSPS) is 21.7. The van der Waals surface area contributed by atoms with Crippen LogP contribution in [0.5, 0.6) is 0 Å². The molecule has 9 nitrogen and oxygen atoms in total. The molecule has 3 heterocycles. The molecule has 0 radical (unpaired) electrons. The highest BCUT2D eigenvalue weighted by atomic mass is 16.6. The summed E-state index contributed by atoms with van der Waals surface area (Å²) in [6.07, 6.45) is 6.77. The van der Waals surface area contributed by atoms with Crippen LogP contribution in [0, 0.1) is 0 Å². The van der Waals surface area contributed by atoms with E-state index in [1.54, 1.807) is 24.1 Å². The highest BCUT2D eigenvalue weighted by Crippen LogP contribution is 2.47. The Morgan fingerprint density at radius 1 is 1.03 bits per heavy atom. The number of amides is 2. The molecule has 2 saturated carbocycles. The van der Waals surface area contributed by atoms with Gasteiger partial charge in [-0.1, -0.05) is 6.07 Å². The van der Waals surface area contributed by atoms with Gasteiger partial charge in [-0.25, -0.2) is 9.78 Å². The minimum atomic E-state index is -0.398. The highest BCUT2D eigenvalue weighted by Gasteiger charge is 2.35. The van der Waals surface area contributed by atoms with Crippen molar-refractivity contribution in [3.8, 4) is 0 Å². The number of rotatable bonds is 10. The third kappa shape index (κ3) is 5.35. The number of nitrogens with zero attached hydrogens (tertiary/aromatic N) is 4. The third-order valence-corrected chi connectivity index (χ3v) is 7.94. The first-order valence-corrected chi connectivity index (χ1v) is 13.8. The summed E-state index contributed by atoms with van der Waals surface area (Å²) in [5.74, 6) is 2.50. The van der Waals surface area contributed by atoms with Crippen LogP contribution >= 0.6 is 0 Å². The van der Waals surface area contributed by atoms with E-state index < -0.39 is 6.09 Å². The van der Waals surface area contributed by atoms with E-state index in [1.807, 2.05) is 17.0 Å². The number of carbonyl (C=O) groups excluding carboxylic acids is 2. The molecule has 1 atom stereocenters. The number of ether oxygens (including phenoxy) is 3. The molecule has 0 spiro atoms. The van der Waals surface area contributed by atoms with Gasteiger partial charge in [0.05, 0.1) is 25.9 Å². The fourth-order valence-corrected chi connectivity index (χ4v) is 5.42. The van der Waals surface area contributed by atoms with Gasteiger partial charge in [-0.05, 0) is 72.9 Å². The number of carbonyl (C=O) groups is 2. The van der Waals surface area contributed by atoms with Crippen LogP contribution in [0.25, 0.3) is 0 Å². The molecule has 1 aromatic carbocycles. The molecular weight excluding hydrogens is 484 g/mol. The van der Waals surface area contributed by atoms with Gasteiger partial charge in [0.1, 0.15) is 12.4 Å². The predicted octanol–water partition coefficient (Wildman–Crippen LogP) is 3.79. The van der Waals surface area contributed by atoms with Crippen LogP contribution in [0.1, 0.15) is 59.0 Å². The van der Waals surface area contributed by atoms with E-state index in [2.05, 4.69) is 17.2 Å². The number of cyclic esters (lactones) is 1. The van der Waals surface area contributed by atoms with Crippen molar-refractivity contribution in [3.63, 3.8) is 0 Å². The van der Waals surface area contributed by atoms with E-state index >= 15 is 0 Å². The van der Waals surface area contributed by atoms with Crippen LogP contribution in [0.3, 0.4) is 0 Å². The smallest absolute Gasteiger partial charge is 0.414 e. The van der Waals surface area contributed by atoms with E-state index in [9.17, 15) is 9.59 Å². The lowest BCUT2D eigenvalue weighted by Gasteiger charge is -2.36. The lowest BCUT2D eigenvalue weighted by Crippen LogP contribution is -2.49. The van der Waals surface area contributed by atoms with E-state index in [0.717, 1.165) is 18.9 Å². The lowest BCUT2D eigenvalue weighted by molar-refractivity contribution is 0.0614. The van der Waals surface area contributed by atoms with Gasteiger partial charge in [0, 0.05) is 50.7 Å². The summed E-state index contributed by atoms with van der Waals surface area (Å²) < 4.78 is 15.9. The number of aromatic nitrogens is 1. The van der Waals surface area contributed by atoms with Crippen molar-refractivity contribution in [1.29, 1.82) is 0 Å². The van der Waals surface area contributed by atoms with Crippen molar-refractivity contribution < 1.29 is 23.8 Å². The maximum absolute atomic E-state index is 13.3. The molecule has 1 aromatic heterocycles.